The van der Waals surface area contributed by atoms with E-state index in [2.05, 4.69) is 42.0 Å². The molecule has 28 heavy (non-hydrogen) atoms. The Morgan fingerprint density at radius 2 is 1.79 bits per heavy atom. The highest BCUT2D eigenvalue weighted by molar-refractivity contribution is 5.81. The average molecular weight is 378 g/mol. The van der Waals surface area contributed by atoms with E-state index in [1.807, 2.05) is 17.0 Å². The topological polar surface area (TPSA) is 43.7 Å². The third-order valence-corrected chi connectivity index (χ3v) is 5.56. The minimum atomic E-state index is 0.189. The average Bonchev–Trinajstić information content (AvgIpc) is 3.12. The van der Waals surface area contributed by atoms with Crippen LogP contribution in [0.5, 0.6) is 11.5 Å². The Hall–Kier alpha value is -2.95. The Kier molecular flexibility index (Phi) is 4.99. The summed E-state index contributed by atoms with van der Waals surface area (Å²) < 4.78 is 13.0. The van der Waals surface area contributed by atoms with Crippen molar-refractivity contribution < 1.29 is 14.3 Å². The van der Waals surface area contributed by atoms with Crippen molar-refractivity contribution in [2.24, 2.45) is 0 Å². The number of carbonyl (C=O) groups excluding carboxylic acids is 1. The highest BCUT2D eigenvalue weighted by Gasteiger charge is 2.22. The Labute approximate surface area is 165 Å². The summed E-state index contributed by atoms with van der Waals surface area (Å²) in [7, 11) is 3.29. The van der Waals surface area contributed by atoms with Gasteiger partial charge in [0.15, 0.2) is 11.5 Å². The number of aromatic nitrogens is 1. The van der Waals surface area contributed by atoms with Crippen molar-refractivity contribution in [3.05, 3.63) is 59.3 Å². The third-order valence-electron chi connectivity index (χ3n) is 5.56. The maximum Gasteiger partial charge on any atom is 0.224 e. The molecule has 0 spiro atoms. The van der Waals surface area contributed by atoms with Gasteiger partial charge < -0.3 is 18.9 Å². The standard InChI is InChI=1S/C23H26N2O3/c1-16-4-5-20-18(12-16)7-9-24(20)11-8-23(26)25-10-6-17-13-21(27-2)22(28-3)14-19(17)15-25/h4-5,7,9,12-14H,6,8,10-11,15H2,1-3H3. The van der Waals surface area contributed by atoms with E-state index in [0.717, 1.165) is 24.3 Å². The number of nitrogens with zero attached hydrogens (tertiary/aromatic N) is 2. The maximum atomic E-state index is 12.8. The van der Waals surface area contributed by atoms with Gasteiger partial charge in [-0.1, -0.05) is 11.6 Å². The number of rotatable bonds is 5. The first kappa shape index (κ1) is 18.4. The van der Waals surface area contributed by atoms with Gasteiger partial charge in [-0.15, -0.1) is 0 Å². The predicted molar refractivity (Wildman–Crippen MR) is 110 cm³/mol. The quantitative estimate of drug-likeness (QED) is 0.675. The number of carbonyl (C=O) groups is 1. The molecule has 0 aliphatic carbocycles. The van der Waals surface area contributed by atoms with Gasteiger partial charge in [-0.05, 0) is 60.2 Å². The van der Waals surface area contributed by atoms with Gasteiger partial charge >= 0.3 is 0 Å². The highest BCUT2D eigenvalue weighted by Crippen LogP contribution is 2.33. The van der Waals surface area contributed by atoms with Gasteiger partial charge in [-0.3, -0.25) is 4.79 Å². The van der Waals surface area contributed by atoms with Crippen LogP contribution >= 0.6 is 0 Å². The number of ether oxygens (including phenoxy) is 2. The van der Waals surface area contributed by atoms with E-state index in [0.29, 0.717) is 25.3 Å². The molecule has 5 nitrogen and oxygen atoms in total. The minimum Gasteiger partial charge on any atom is -0.493 e. The van der Waals surface area contributed by atoms with Crippen molar-refractivity contribution in [2.75, 3.05) is 20.8 Å². The summed E-state index contributed by atoms with van der Waals surface area (Å²) in [6.07, 6.45) is 3.41. The zero-order chi connectivity index (χ0) is 19.7. The van der Waals surface area contributed by atoms with Crippen molar-refractivity contribution in [2.45, 2.75) is 32.9 Å². The summed E-state index contributed by atoms with van der Waals surface area (Å²) in [4.78, 5) is 14.8. The normalized spacial score (nSPS) is 13.5. The van der Waals surface area contributed by atoms with Gasteiger partial charge in [0.1, 0.15) is 0 Å². The number of benzene rings is 2. The number of fused-ring (bicyclic) bond motifs is 2. The molecule has 146 valence electrons. The van der Waals surface area contributed by atoms with Crippen LogP contribution in [-0.4, -0.2) is 36.1 Å². The summed E-state index contributed by atoms with van der Waals surface area (Å²) in [6, 6.07) is 12.6. The lowest BCUT2D eigenvalue weighted by Gasteiger charge is -2.30. The van der Waals surface area contributed by atoms with Crippen LogP contribution in [0.2, 0.25) is 0 Å². The van der Waals surface area contributed by atoms with Gasteiger partial charge in [-0.25, -0.2) is 0 Å². The van der Waals surface area contributed by atoms with E-state index in [1.54, 1.807) is 14.2 Å². The second-order valence-corrected chi connectivity index (χ2v) is 7.36. The van der Waals surface area contributed by atoms with Crippen LogP contribution in [0.3, 0.4) is 0 Å². The minimum absolute atomic E-state index is 0.189. The fourth-order valence-corrected chi connectivity index (χ4v) is 3.98. The van der Waals surface area contributed by atoms with Crippen LogP contribution in [0.25, 0.3) is 10.9 Å². The van der Waals surface area contributed by atoms with Gasteiger partial charge in [0.25, 0.3) is 0 Å². The zero-order valence-corrected chi connectivity index (χ0v) is 16.7. The summed E-state index contributed by atoms with van der Waals surface area (Å²) in [5, 5.41) is 1.22. The first-order chi connectivity index (χ1) is 13.6. The predicted octanol–water partition coefficient (Wildman–Crippen LogP) is 3.94. The number of methoxy groups -OCH3 is 2. The first-order valence-corrected chi connectivity index (χ1v) is 9.66. The molecule has 0 saturated carbocycles. The zero-order valence-electron chi connectivity index (χ0n) is 16.7. The molecule has 0 radical (unpaired) electrons. The van der Waals surface area contributed by atoms with Crippen molar-refractivity contribution >= 4 is 16.8 Å². The summed E-state index contributed by atoms with van der Waals surface area (Å²) in [5.41, 5.74) is 4.80. The molecule has 0 unspecified atom stereocenters. The van der Waals surface area contributed by atoms with Gasteiger partial charge in [-0.2, -0.15) is 0 Å². The largest absolute Gasteiger partial charge is 0.493 e. The van der Waals surface area contributed by atoms with Crippen molar-refractivity contribution in [3.63, 3.8) is 0 Å². The molecule has 3 aromatic rings. The molecule has 0 saturated heterocycles. The molecular formula is C23H26N2O3. The Morgan fingerprint density at radius 1 is 1.04 bits per heavy atom. The Morgan fingerprint density at radius 3 is 2.54 bits per heavy atom. The van der Waals surface area contributed by atoms with Crippen LogP contribution in [-0.2, 0) is 24.3 Å². The fraction of sp³-hybridized carbons (Fsp3) is 0.348. The van der Waals surface area contributed by atoms with Crippen molar-refractivity contribution in [1.82, 2.24) is 9.47 Å². The highest BCUT2D eigenvalue weighted by atomic mass is 16.5. The maximum absolute atomic E-state index is 12.8. The Balaban J connectivity index is 1.44. The second kappa shape index (κ2) is 7.58. The second-order valence-electron chi connectivity index (χ2n) is 7.36. The molecule has 4 rings (SSSR count). The molecule has 0 atom stereocenters. The summed E-state index contributed by atoms with van der Waals surface area (Å²) >= 11 is 0. The Bertz CT molecular complexity index is 1020. The molecular weight excluding hydrogens is 352 g/mol. The lowest BCUT2D eigenvalue weighted by Crippen LogP contribution is -2.36. The molecule has 2 heterocycles. The molecule has 1 aromatic heterocycles. The number of hydrogen-bond acceptors (Lipinski definition) is 3. The molecule has 0 N–H and O–H groups in total. The van der Waals surface area contributed by atoms with Gasteiger partial charge in [0.05, 0.1) is 14.2 Å². The smallest absolute Gasteiger partial charge is 0.224 e. The van der Waals surface area contributed by atoms with Crippen LogP contribution < -0.4 is 9.47 Å². The monoisotopic (exact) mass is 378 g/mol. The summed E-state index contributed by atoms with van der Waals surface area (Å²) in [6.45, 7) is 4.16. The van der Waals surface area contributed by atoms with Crippen LogP contribution in [0.4, 0.5) is 0 Å². The van der Waals surface area contributed by atoms with Crippen LogP contribution in [0.15, 0.2) is 42.6 Å². The third kappa shape index (κ3) is 3.44. The van der Waals surface area contributed by atoms with Gasteiger partial charge in [0.2, 0.25) is 5.91 Å². The fourth-order valence-electron chi connectivity index (χ4n) is 3.98. The SMILES string of the molecule is COc1cc2c(cc1OC)CN(C(=O)CCn1ccc3cc(C)ccc31)CC2. The lowest BCUT2D eigenvalue weighted by molar-refractivity contribution is -0.132. The van der Waals surface area contributed by atoms with Crippen LogP contribution in [0.1, 0.15) is 23.1 Å². The van der Waals surface area contributed by atoms with E-state index in [4.69, 9.17) is 9.47 Å². The first-order valence-electron chi connectivity index (χ1n) is 9.66. The van der Waals surface area contributed by atoms with Crippen molar-refractivity contribution in [3.8, 4) is 11.5 Å². The number of aryl methyl sites for hydroxylation is 2. The van der Waals surface area contributed by atoms with E-state index < -0.39 is 0 Å². The van der Waals surface area contributed by atoms with Gasteiger partial charge in [0, 0.05) is 37.8 Å². The number of hydrogen-bond donors (Lipinski definition) is 0. The molecule has 0 bridgehead atoms. The van der Waals surface area contributed by atoms with E-state index in [1.165, 1.54) is 22.0 Å². The van der Waals surface area contributed by atoms with Crippen molar-refractivity contribution in [1.29, 1.82) is 0 Å². The molecule has 1 amide bonds. The number of amides is 1. The molecule has 2 aromatic carbocycles. The molecule has 0 fully saturated rings. The molecule has 1 aliphatic rings. The molecule has 1 aliphatic heterocycles. The molecule has 5 heteroatoms. The lowest BCUT2D eigenvalue weighted by atomic mass is 9.98. The van der Waals surface area contributed by atoms with E-state index in [9.17, 15) is 4.79 Å². The van der Waals surface area contributed by atoms with E-state index >= 15 is 0 Å². The van der Waals surface area contributed by atoms with Crippen LogP contribution in [0, 0.1) is 6.92 Å². The summed E-state index contributed by atoms with van der Waals surface area (Å²) in [5.74, 6) is 1.65. The van der Waals surface area contributed by atoms with E-state index in [-0.39, 0.29) is 5.91 Å².